The van der Waals surface area contributed by atoms with E-state index in [1.54, 1.807) is 20.8 Å². The molecular weight excluding hydrogens is 434 g/mol. The van der Waals surface area contributed by atoms with Crippen LogP contribution in [0, 0.1) is 13.8 Å². The van der Waals surface area contributed by atoms with Crippen LogP contribution in [0.15, 0.2) is 11.0 Å². The third-order valence-electron chi connectivity index (χ3n) is 6.98. The molecule has 4 rings (SSSR count). The molecule has 0 bridgehead atoms. The number of likely N-dealkylation sites (N-methyl/N-ethyl adjacent to an activating group) is 1. The third-order valence-corrected chi connectivity index (χ3v) is 8.11. The molecule has 178 valence electrons. The smallest absolute Gasteiger partial charge is 0.253 e. The lowest BCUT2D eigenvalue weighted by Crippen LogP contribution is -2.40. The van der Waals surface area contributed by atoms with Crippen LogP contribution in [0.5, 0.6) is 0 Å². The molecule has 1 aliphatic rings. The molecule has 3 aromatic rings. The molecule has 1 fully saturated rings. The lowest BCUT2D eigenvalue weighted by molar-refractivity contribution is -0.130. The fourth-order valence-corrected chi connectivity index (χ4v) is 5.90. The second kappa shape index (κ2) is 9.06. The van der Waals surface area contributed by atoms with Gasteiger partial charge in [-0.15, -0.1) is 11.3 Å². The minimum atomic E-state index is 0.0507. The summed E-state index contributed by atoms with van der Waals surface area (Å²) in [6, 6.07) is 0. The van der Waals surface area contributed by atoms with Crippen LogP contribution in [-0.2, 0) is 11.8 Å². The average molecular weight is 470 g/mol. The molecule has 1 amide bonds. The number of hydrogen-bond donors (Lipinski definition) is 1. The van der Waals surface area contributed by atoms with Gasteiger partial charge in [0, 0.05) is 49.9 Å². The molecule has 1 aliphatic heterocycles. The predicted molar refractivity (Wildman–Crippen MR) is 135 cm³/mol. The summed E-state index contributed by atoms with van der Waals surface area (Å²) in [6.07, 6.45) is 4.00. The normalized spacial score (nSPS) is 15.6. The zero-order valence-corrected chi connectivity index (χ0v) is 21.6. The van der Waals surface area contributed by atoms with Crippen molar-refractivity contribution in [2.45, 2.75) is 52.4 Å². The summed E-state index contributed by atoms with van der Waals surface area (Å²) in [5, 5.41) is 1.19. The highest BCUT2D eigenvalue weighted by Gasteiger charge is 2.27. The van der Waals surface area contributed by atoms with Gasteiger partial charge in [0.2, 0.25) is 5.91 Å². The number of nitrogens with one attached hydrogen (secondary N) is 1. The van der Waals surface area contributed by atoms with Crippen LogP contribution in [0.1, 0.15) is 60.2 Å². The lowest BCUT2D eigenvalue weighted by Gasteiger charge is -2.31. The van der Waals surface area contributed by atoms with Crippen molar-refractivity contribution in [3.63, 3.8) is 0 Å². The first kappa shape index (κ1) is 23.7. The number of piperidine rings is 1. The number of carbonyl (C=O) groups excluding carboxylic acids is 1. The molecule has 0 aliphatic carbocycles. The van der Waals surface area contributed by atoms with E-state index in [1.165, 1.54) is 10.6 Å². The molecule has 0 unspecified atom stereocenters. The zero-order valence-electron chi connectivity index (χ0n) is 20.8. The monoisotopic (exact) mass is 469 g/mol. The number of thiazole rings is 1. The van der Waals surface area contributed by atoms with Gasteiger partial charge in [-0.25, -0.2) is 4.98 Å². The predicted octanol–water partition coefficient (Wildman–Crippen LogP) is 4.00. The first-order valence-corrected chi connectivity index (χ1v) is 12.5. The van der Waals surface area contributed by atoms with E-state index in [0.29, 0.717) is 18.4 Å². The van der Waals surface area contributed by atoms with E-state index in [0.717, 1.165) is 58.7 Å². The van der Waals surface area contributed by atoms with Gasteiger partial charge in [-0.2, -0.15) is 0 Å². The van der Waals surface area contributed by atoms with Crippen molar-refractivity contribution in [1.29, 1.82) is 0 Å². The molecule has 1 N–H and O–H groups in total. The molecule has 8 heteroatoms. The molecule has 0 spiro atoms. The van der Waals surface area contributed by atoms with Gasteiger partial charge in [-0.1, -0.05) is 13.8 Å². The Labute approximate surface area is 199 Å². The molecule has 0 aromatic carbocycles. The number of aromatic amines is 1. The SMILES string of the molecule is Cc1c(-c2[nH]c3sc(C4CCN(CC(=O)N(C)C)CC4)nc3c2C(C)C)cn(C)c(=O)c1C. The van der Waals surface area contributed by atoms with Crippen molar-refractivity contribution in [2.24, 2.45) is 7.05 Å². The Morgan fingerprint density at radius 3 is 2.52 bits per heavy atom. The largest absolute Gasteiger partial charge is 0.348 e. The van der Waals surface area contributed by atoms with E-state index < -0.39 is 0 Å². The van der Waals surface area contributed by atoms with Gasteiger partial charge in [0.25, 0.3) is 5.56 Å². The Hall–Kier alpha value is -2.45. The van der Waals surface area contributed by atoms with Crippen LogP contribution in [-0.4, -0.2) is 64.0 Å². The maximum atomic E-state index is 12.4. The molecule has 7 nitrogen and oxygen atoms in total. The number of rotatable bonds is 5. The van der Waals surface area contributed by atoms with Crippen molar-refractivity contribution < 1.29 is 4.79 Å². The summed E-state index contributed by atoms with van der Waals surface area (Å²) in [7, 11) is 5.43. The first-order chi connectivity index (χ1) is 15.6. The van der Waals surface area contributed by atoms with Gasteiger partial charge in [0.15, 0.2) is 0 Å². The maximum Gasteiger partial charge on any atom is 0.253 e. The Morgan fingerprint density at radius 2 is 1.91 bits per heavy atom. The number of carbonyl (C=O) groups is 1. The number of aromatic nitrogens is 3. The number of H-pyrrole nitrogens is 1. The van der Waals surface area contributed by atoms with Crippen molar-refractivity contribution >= 4 is 27.6 Å². The number of amides is 1. The highest BCUT2D eigenvalue weighted by molar-refractivity contribution is 7.18. The van der Waals surface area contributed by atoms with E-state index >= 15 is 0 Å². The summed E-state index contributed by atoms with van der Waals surface area (Å²) < 4.78 is 1.67. The van der Waals surface area contributed by atoms with Crippen LogP contribution < -0.4 is 5.56 Å². The fourth-order valence-electron chi connectivity index (χ4n) is 4.75. The fraction of sp³-hybridized carbons (Fsp3) is 0.560. The van der Waals surface area contributed by atoms with E-state index in [4.69, 9.17) is 4.98 Å². The van der Waals surface area contributed by atoms with Crippen LogP contribution in [0.4, 0.5) is 0 Å². The minimum Gasteiger partial charge on any atom is -0.348 e. The number of hydrogen-bond acceptors (Lipinski definition) is 5. The van der Waals surface area contributed by atoms with Crippen LogP contribution in [0.25, 0.3) is 21.6 Å². The molecule has 4 heterocycles. The number of aryl methyl sites for hydroxylation is 1. The number of fused-ring (bicyclic) bond motifs is 1. The number of nitrogens with zero attached hydrogens (tertiary/aromatic N) is 4. The average Bonchev–Trinajstić information content (AvgIpc) is 3.33. The highest BCUT2D eigenvalue weighted by Crippen LogP contribution is 2.41. The number of pyridine rings is 1. The van der Waals surface area contributed by atoms with Gasteiger partial charge >= 0.3 is 0 Å². The molecule has 3 aromatic heterocycles. The lowest BCUT2D eigenvalue weighted by atomic mass is 9.95. The standard InChI is InChI=1S/C25H35N5O2S/c1-14(2)20-21(18-12-29(7)25(32)16(4)15(18)3)26-24-22(20)27-23(33-24)17-8-10-30(11-9-17)13-19(31)28(5)6/h12,14,17,26H,8-11,13H2,1-7H3. The van der Waals surface area contributed by atoms with Crippen molar-refractivity contribution in [3.05, 3.63) is 38.2 Å². The summed E-state index contributed by atoms with van der Waals surface area (Å²) in [6.45, 7) is 10.7. The third kappa shape index (κ3) is 4.38. The minimum absolute atomic E-state index is 0.0507. The summed E-state index contributed by atoms with van der Waals surface area (Å²) in [5.74, 6) is 0.903. The van der Waals surface area contributed by atoms with Crippen LogP contribution in [0.2, 0.25) is 0 Å². The van der Waals surface area contributed by atoms with E-state index in [9.17, 15) is 9.59 Å². The Balaban J connectivity index is 1.63. The van der Waals surface area contributed by atoms with E-state index in [-0.39, 0.29) is 11.5 Å². The second-order valence-electron chi connectivity index (χ2n) is 9.85. The van der Waals surface area contributed by atoms with Crippen molar-refractivity contribution in [2.75, 3.05) is 33.7 Å². The Kier molecular flexibility index (Phi) is 6.51. The molecular formula is C25H35N5O2S. The van der Waals surface area contributed by atoms with Crippen molar-refractivity contribution in [3.8, 4) is 11.3 Å². The highest BCUT2D eigenvalue weighted by atomic mass is 32.1. The van der Waals surface area contributed by atoms with Crippen molar-refractivity contribution in [1.82, 2.24) is 24.3 Å². The van der Waals surface area contributed by atoms with E-state index in [1.807, 2.05) is 41.2 Å². The van der Waals surface area contributed by atoms with Gasteiger partial charge in [0.05, 0.1) is 17.2 Å². The number of likely N-dealkylation sites (tertiary alicyclic amines) is 1. The Morgan fingerprint density at radius 1 is 1.24 bits per heavy atom. The van der Waals surface area contributed by atoms with Gasteiger partial charge in [-0.05, 0) is 51.3 Å². The quantitative estimate of drug-likeness (QED) is 0.613. The second-order valence-corrected chi connectivity index (χ2v) is 10.9. The van der Waals surface area contributed by atoms with Gasteiger partial charge in [-0.3, -0.25) is 14.5 Å². The molecule has 33 heavy (non-hydrogen) atoms. The van der Waals surface area contributed by atoms with Crippen LogP contribution >= 0.6 is 11.3 Å². The molecule has 0 atom stereocenters. The molecule has 0 saturated carbocycles. The summed E-state index contributed by atoms with van der Waals surface area (Å²) in [4.78, 5) is 38.2. The summed E-state index contributed by atoms with van der Waals surface area (Å²) in [5.41, 5.74) is 6.31. The van der Waals surface area contributed by atoms with Gasteiger partial charge in [0.1, 0.15) is 10.3 Å². The van der Waals surface area contributed by atoms with Crippen LogP contribution in [0.3, 0.4) is 0 Å². The van der Waals surface area contributed by atoms with E-state index in [2.05, 4.69) is 23.7 Å². The topological polar surface area (TPSA) is 74.2 Å². The molecule has 1 saturated heterocycles. The Bertz CT molecular complexity index is 1240. The van der Waals surface area contributed by atoms with Gasteiger partial charge < -0.3 is 14.5 Å². The molecule has 0 radical (unpaired) electrons. The maximum absolute atomic E-state index is 12.4. The summed E-state index contributed by atoms with van der Waals surface area (Å²) >= 11 is 1.76. The zero-order chi connectivity index (χ0) is 24.0. The first-order valence-electron chi connectivity index (χ1n) is 11.7.